The lowest BCUT2D eigenvalue weighted by Gasteiger charge is -2.31. The van der Waals surface area contributed by atoms with Crippen LogP contribution in [-0.4, -0.2) is 43.9 Å². The van der Waals surface area contributed by atoms with Gasteiger partial charge < -0.3 is 14.4 Å². The third-order valence-electron chi connectivity index (χ3n) is 5.16. The Hall–Kier alpha value is -2.89. The summed E-state index contributed by atoms with van der Waals surface area (Å²) in [7, 11) is 3.06. The summed E-state index contributed by atoms with van der Waals surface area (Å²) in [5.74, 6) is 0.516. The molecule has 1 heterocycles. The number of benzene rings is 2. The zero-order chi connectivity index (χ0) is 20.1. The molecule has 1 aliphatic heterocycles. The number of piperidine rings is 1. The SMILES string of the molecule is COc1cccc(C(=O)C2CCN(C(=O)Cc3ccc(F)cc3)CC2)c1OC. The van der Waals surface area contributed by atoms with E-state index in [-0.39, 0.29) is 29.8 Å². The number of methoxy groups -OCH3 is 2. The van der Waals surface area contributed by atoms with Gasteiger partial charge in [0.25, 0.3) is 0 Å². The van der Waals surface area contributed by atoms with Crippen LogP contribution in [-0.2, 0) is 11.2 Å². The fourth-order valence-electron chi connectivity index (χ4n) is 3.58. The van der Waals surface area contributed by atoms with Crippen molar-refractivity contribution in [2.45, 2.75) is 19.3 Å². The molecule has 1 amide bonds. The Morgan fingerprint density at radius 1 is 1.04 bits per heavy atom. The number of para-hydroxylation sites is 1. The van der Waals surface area contributed by atoms with Gasteiger partial charge in [-0.2, -0.15) is 0 Å². The molecule has 0 saturated carbocycles. The van der Waals surface area contributed by atoms with Crippen LogP contribution in [0, 0.1) is 11.7 Å². The largest absolute Gasteiger partial charge is 0.493 e. The number of amides is 1. The number of Topliss-reactive ketones (excluding diaryl/α,β-unsaturated/α-hetero) is 1. The van der Waals surface area contributed by atoms with Gasteiger partial charge in [-0.15, -0.1) is 0 Å². The van der Waals surface area contributed by atoms with Crippen LogP contribution in [0.25, 0.3) is 0 Å². The second kappa shape index (κ2) is 8.87. The Morgan fingerprint density at radius 2 is 1.71 bits per heavy atom. The Kier molecular flexibility index (Phi) is 6.29. The van der Waals surface area contributed by atoms with Gasteiger partial charge in [-0.05, 0) is 42.7 Å². The van der Waals surface area contributed by atoms with Crippen LogP contribution in [0.1, 0.15) is 28.8 Å². The monoisotopic (exact) mass is 385 g/mol. The first-order valence-electron chi connectivity index (χ1n) is 9.31. The fourth-order valence-corrected chi connectivity index (χ4v) is 3.58. The number of carbonyl (C=O) groups is 2. The highest BCUT2D eigenvalue weighted by Gasteiger charge is 2.30. The van der Waals surface area contributed by atoms with E-state index in [1.807, 2.05) is 0 Å². The molecule has 6 heteroatoms. The van der Waals surface area contributed by atoms with E-state index in [0.29, 0.717) is 43.0 Å². The fraction of sp³-hybridized carbons (Fsp3) is 0.364. The minimum absolute atomic E-state index is 0.00327. The number of carbonyl (C=O) groups excluding carboxylic acids is 2. The zero-order valence-corrected chi connectivity index (χ0v) is 16.1. The molecule has 1 saturated heterocycles. The normalized spacial score (nSPS) is 14.6. The molecule has 0 unspecified atom stereocenters. The Balaban J connectivity index is 1.61. The second-order valence-electron chi connectivity index (χ2n) is 6.86. The third kappa shape index (κ3) is 4.32. The maximum atomic E-state index is 13.0. The van der Waals surface area contributed by atoms with E-state index in [4.69, 9.17) is 9.47 Å². The average Bonchev–Trinajstić information content (AvgIpc) is 2.74. The first-order chi connectivity index (χ1) is 13.5. The van der Waals surface area contributed by atoms with Crippen molar-refractivity contribution in [2.75, 3.05) is 27.3 Å². The predicted molar refractivity (Wildman–Crippen MR) is 103 cm³/mol. The highest BCUT2D eigenvalue weighted by molar-refractivity contribution is 6.01. The van der Waals surface area contributed by atoms with Gasteiger partial charge >= 0.3 is 0 Å². The number of nitrogens with zero attached hydrogens (tertiary/aromatic N) is 1. The summed E-state index contributed by atoms with van der Waals surface area (Å²) in [6.07, 6.45) is 1.45. The van der Waals surface area contributed by atoms with E-state index in [9.17, 15) is 14.0 Å². The number of halogens is 1. The van der Waals surface area contributed by atoms with Crippen molar-refractivity contribution in [2.24, 2.45) is 5.92 Å². The quantitative estimate of drug-likeness (QED) is 0.714. The molecule has 2 aromatic rings. The maximum Gasteiger partial charge on any atom is 0.226 e. The van der Waals surface area contributed by atoms with E-state index < -0.39 is 0 Å². The molecule has 0 aromatic heterocycles. The minimum Gasteiger partial charge on any atom is -0.493 e. The molecular weight excluding hydrogens is 361 g/mol. The number of ether oxygens (including phenoxy) is 2. The standard InChI is InChI=1S/C22H24FNO4/c1-27-19-5-3-4-18(22(19)28-2)21(26)16-10-12-24(13-11-16)20(25)14-15-6-8-17(23)9-7-15/h3-9,16H,10-14H2,1-2H3. The zero-order valence-electron chi connectivity index (χ0n) is 16.1. The summed E-state index contributed by atoms with van der Waals surface area (Å²) < 4.78 is 23.6. The Bertz CT molecular complexity index is 842. The number of hydrogen-bond donors (Lipinski definition) is 0. The molecule has 3 rings (SSSR count). The lowest BCUT2D eigenvalue weighted by Crippen LogP contribution is -2.41. The average molecular weight is 385 g/mol. The molecule has 0 bridgehead atoms. The summed E-state index contributed by atoms with van der Waals surface area (Å²) in [6.45, 7) is 1.06. The number of likely N-dealkylation sites (tertiary alicyclic amines) is 1. The highest BCUT2D eigenvalue weighted by atomic mass is 19.1. The summed E-state index contributed by atoms with van der Waals surface area (Å²) in [5.41, 5.74) is 1.30. The molecule has 148 valence electrons. The molecule has 2 aromatic carbocycles. The van der Waals surface area contributed by atoms with E-state index >= 15 is 0 Å². The van der Waals surface area contributed by atoms with Gasteiger partial charge in [-0.3, -0.25) is 9.59 Å². The minimum atomic E-state index is -0.316. The van der Waals surface area contributed by atoms with Crippen LogP contribution in [0.15, 0.2) is 42.5 Å². The molecule has 0 atom stereocenters. The predicted octanol–water partition coefficient (Wildman–Crippen LogP) is 3.51. The second-order valence-corrected chi connectivity index (χ2v) is 6.86. The lowest BCUT2D eigenvalue weighted by atomic mass is 9.88. The van der Waals surface area contributed by atoms with Crippen LogP contribution in [0.4, 0.5) is 4.39 Å². The molecule has 0 spiro atoms. The molecular formula is C22H24FNO4. The molecule has 0 radical (unpaired) electrons. The third-order valence-corrected chi connectivity index (χ3v) is 5.16. The first kappa shape index (κ1) is 19.9. The highest BCUT2D eigenvalue weighted by Crippen LogP contribution is 2.34. The lowest BCUT2D eigenvalue weighted by molar-refractivity contribution is -0.131. The molecule has 0 N–H and O–H groups in total. The van der Waals surface area contributed by atoms with Gasteiger partial charge in [-0.25, -0.2) is 4.39 Å². The number of hydrogen-bond acceptors (Lipinski definition) is 4. The van der Waals surface area contributed by atoms with Crippen LogP contribution in [0.5, 0.6) is 11.5 Å². The van der Waals surface area contributed by atoms with Crippen molar-refractivity contribution in [1.82, 2.24) is 4.90 Å². The van der Waals surface area contributed by atoms with E-state index in [2.05, 4.69) is 0 Å². The van der Waals surface area contributed by atoms with Crippen molar-refractivity contribution < 1.29 is 23.5 Å². The van der Waals surface area contributed by atoms with Crippen molar-refractivity contribution in [3.63, 3.8) is 0 Å². The van der Waals surface area contributed by atoms with E-state index in [1.54, 1.807) is 35.2 Å². The van der Waals surface area contributed by atoms with E-state index in [0.717, 1.165) is 5.56 Å². The van der Waals surface area contributed by atoms with Crippen molar-refractivity contribution in [3.05, 3.63) is 59.4 Å². The molecule has 0 aliphatic carbocycles. The van der Waals surface area contributed by atoms with Gasteiger partial charge in [0.2, 0.25) is 5.91 Å². The van der Waals surface area contributed by atoms with Crippen LogP contribution < -0.4 is 9.47 Å². The molecule has 5 nitrogen and oxygen atoms in total. The van der Waals surface area contributed by atoms with Crippen molar-refractivity contribution in [1.29, 1.82) is 0 Å². The van der Waals surface area contributed by atoms with Crippen LogP contribution >= 0.6 is 0 Å². The topological polar surface area (TPSA) is 55.8 Å². The summed E-state index contributed by atoms with van der Waals surface area (Å²) in [6, 6.07) is 11.2. The summed E-state index contributed by atoms with van der Waals surface area (Å²) in [5, 5.41) is 0. The van der Waals surface area contributed by atoms with E-state index in [1.165, 1.54) is 26.4 Å². The molecule has 1 fully saturated rings. The summed E-state index contributed by atoms with van der Waals surface area (Å²) >= 11 is 0. The van der Waals surface area contributed by atoms with Gasteiger partial charge in [0, 0.05) is 19.0 Å². The van der Waals surface area contributed by atoms with Gasteiger partial charge in [-0.1, -0.05) is 18.2 Å². The number of rotatable bonds is 6. The Morgan fingerprint density at radius 3 is 2.32 bits per heavy atom. The summed E-state index contributed by atoms with van der Waals surface area (Å²) in [4.78, 5) is 27.2. The van der Waals surface area contributed by atoms with Crippen molar-refractivity contribution >= 4 is 11.7 Å². The first-order valence-corrected chi connectivity index (χ1v) is 9.31. The molecule has 28 heavy (non-hydrogen) atoms. The van der Waals surface area contributed by atoms with Gasteiger partial charge in [0.05, 0.1) is 26.2 Å². The molecule has 1 aliphatic rings. The smallest absolute Gasteiger partial charge is 0.226 e. The van der Waals surface area contributed by atoms with Gasteiger partial charge in [0.1, 0.15) is 5.82 Å². The van der Waals surface area contributed by atoms with Crippen molar-refractivity contribution in [3.8, 4) is 11.5 Å². The van der Waals surface area contributed by atoms with Crippen LogP contribution in [0.2, 0.25) is 0 Å². The van der Waals surface area contributed by atoms with Gasteiger partial charge in [0.15, 0.2) is 17.3 Å². The number of ketones is 1. The maximum absolute atomic E-state index is 13.0. The Labute approximate surface area is 164 Å². The van der Waals surface area contributed by atoms with Crippen LogP contribution in [0.3, 0.4) is 0 Å².